The van der Waals surface area contributed by atoms with Crippen molar-refractivity contribution in [3.05, 3.63) is 35.4 Å². The Labute approximate surface area is 158 Å². The van der Waals surface area contributed by atoms with Gasteiger partial charge in [0.05, 0.1) is 46.2 Å². The maximum absolute atomic E-state index is 5.76. The molecule has 1 unspecified atom stereocenters. The monoisotopic (exact) mass is 373 g/mol. The van der Waals surface area contributed by atoms with Crippen molar-refractivity contribution in [2.24, 2.45) is 0 Å². The number of anilines is 1. The summed E-state index contributed by atoms with van der Waals surface area (Å²) in [4.78, 5) is 1.32. The first kappa shape index (κ1) is 17.6. The molecule has 0 fully saturated rings. The Morgan fingerprint density at radius 3 is 2.67 bits per heavy atom. The summed E-state index contributed by atoms with van der Waals surface area (Å²) < 4.78 is 27.9. The molecule has 0 radical (unpaired) electrons. The lowest BCUT2D eigenvalue weighted by molar-refractivity contribution is -0.910. The predicted octanol–water partition coefficient (Wildman–Crippen LogP) is 1.62. The Balaban J connectivity index is 1.79. The number of ether oxygens (including phenoxy) is 5. The number of benzene rings is 2. The summed E-state index contributed by atoms with van der Waals surface area (Å²) in [6, 6.07) is 7.80. The number of hydrogen-bond acceptors (Lipinski definition) is 6. The van der Waals surface area contributed by atoms with Gasteiger partial charge >= 0.3 is 0 Å². The molecule has 7 nitrogen and oxygen atoms in total. The third-order valence-corrected chi connectivity index (χ3v) is 5.22. The molecule has 144 valence electrons. The topological polar surface area (TPSA) is 62.6 Å². The molecule has 7 heteroatoms. The van der Waals surface area contributed by atoms with Gasteiger partial charge in [0, 0.05) is 12.5 Å². The van der Waals surface area contributed by atoms with E-state index in [2.05, 4.69) is 18.4 Å². The number of rotatable bonds is 5. The Morgan fingerprint density at radius 1 is 1.07 bits per heavy atom. The molecule has 2 aliphatic heterocycles. The summed E-state index contributed by atoms with van der Waals surface area (Å²) in [6.45, 7) is 1.21. The minimum Gasteiger partial charge on any atom is -0.497 e. The van der Waals surface area contributed by atoms with Crippen molar-refractivity contribution in [3.8, 4) is 28.7 Å². The van der Waals surface area contributed by atoms with E-state index in [0.29, 0.717) is 5.75 Å². The van der Waals surface area contributed by atoms with Gasteiger partial charge in [0.1, 0.15) is 11.5 Å². The van der Waals surface area contributed by atoms with E-state index in [1.165, 1.54) is 10.5 Å². The first-order valence-corrected chi connectivity index (χ1v) is 8.96. The summed E-state index contributed by atoms with van der Waals surface area (Å²) in [6.07, 6.45) is 0.918. The molecule has 0 aromatic heterocycles. The molecule has 2 aromatic carbocycles. The number of methoxy groups -OCH3 is 3. The van der Waals surface area contributed by atoms with Crippen LogP contribution in [0.2, 0.25) is 0 Å². The van der Waals surface area contributed by atoms with Gasteiger partial charge < -0.3 is 33.9 Å². The van der Waals surface area contributed by atoms with Gasteiger partial charge in [-0.05, 0) is 23.8 Å². The molecule has 27 heavy (non-hydrogen) atoms. The molecular weight excluding hydrogens is 348 g/mol. The zero-order valence-electron chi connectivity index (χ0n) is 16.0. The van der Waals surface area contributed by atoms with Gasteiger partial charge in [0.15, 0.2) is 17.7 Å². The van der Waals surface area contributed by atoms with Crippen LogP contribution in [0.5, 0.6) is 28.7 Å². The molecule has 2 aromatic rings. The van der Waals surface area contributed by atoms with Gasteiger partial charge in [-0.3, -0.25) is 0 Å². The first-order chi connectivity index (χ1) is 13.2. The Hall–Kier alpha value is -2.80. The van der Waals surface area contributed by atoms with Crippen LogP contribution in [0.15, 0.2) is 24.3 Å². The smallest absolute Gasteiger partial charge is 0.231 e. The second-order valence-corrected chi connectivity index (χ2v) is 6.71. The molecule has 0 saturated heterocycles. The van der Waals surface area contributed by atoms with E-state index in [0.717, 1.165) is 47.2 Å². The molecule has 2 N–H and O–H groups in total. The third kappa shape index (κ3) is 2.98. The van der Waals surface area contributed by atoms with Crippen LogP contribution < -0.4 is 33.9 Å². The van der Waals surface area contributed by atoms with E-state index in [1.54, 1.807) is 21.3 Å². The largest absolute Gasteiger partial charge is 0.497 e. The average molecular weight is 373 g/mol. The molecule has 2 aliphatic rings. The molecule has 0 bridgehead atoms. The van der Waals surface area contributed by atoms with Crippen molar-refractivity contribution >= 4 is 5.69 Å². The minimum atomic E-state index is -0.0285. The van der Waals surface area contributed by atoms with Gasteiger partial charge in [-0.2, -0.15) is 0 Å². The molecule has 2 heterocycles. The van der Waals surface area contributed by atoms with Crippen molar-refractivity contribution in [1.29, 1.82) is 0 Å². The van der Waals surface area contributed by atoms with E-state index in [4.69, 9.17) is 23.7 Å². The zero-order valence-corrected chi connectivity index (χ0v) is 16.0. The van der Waals surface area contributed by atoms with Crippen molar-refractivity contribution < 1.29 is 28.6 Å². The lowest BCUT2D eigenvalue weighted by atomic mass is 9.94. The number of hydrogen-bond donors (Lipinski definition) is 2. The van der Waals surface area contributed by atoms with Crippen molar-refractivity contribution in [2.45, 2.75) is 12.6 Å². The zero-order chi connectivity index (χ0) is 19.0. The summed E-state index contributed by atoms with van der Waals surface area (Å²) in [5.41, 5.74) is 3.17. The maximum Gasteiger partial charge on any atom is 0.231 e. The molecule has 0 amide bonds. The highest BCUT2D eigenvalue weighted by Gasteiger charge is 2.37. The minimum absolute atomic E-state index is 0.0285. The fourth-order valence-corrected chi connectivity index (χ4v) is 3.80. The van der Waals surface area contributed by atoms with Crippen LogP contribution in [0.3, 0.4) is 0 Å². The number of likely N-dealkylation sites (N-methyl/N-ethyl adjacent to an activating group) is 1. The number of nitrogens with one attached hydrogen (secondary N) is 2. The molecular formula is C20H25N2O5+. The number of quaternary nitrogens is 1. The summed E-state index contributed by atoms with van der Waals surface area (Å²) >= 11 is 0. The van der Waals surface area contributed by atoms with Crippen LogP contribution in [-0.2, 0) is 6.42 Å². The lowest BCUT2D eigenvalue weighted by Gasteiger charge is -2.34. The SMILES string of the molecule is COc1ccc(OC)c(N[C@@H]2c3c(cc4c(c3OC)OCO4)CC[NH+]2C)c1. The Kier molecular flexibility index (Phi) is 4.61. The second kappa shape index (κ2) is 7.08. The van der Waals surface area contributed by atoms with Gasteiger partial charge in [-0.15, -0.1) is 0 Å². The highest BCUT2D eigenvalue weighted by atomic mass is 16.7. The van der Waals surface area contributed by atoms with Gasteiger partial charge in [-0.25, -0.2) is 0 Å². The Morgan fingerprint density at radius 2 is 1.93 bits per heavy atom. The van der Waals surface area contributed by atoms with Crippen LogP contribution in [0.1, 0.15) is 17.3 Å². The highest BCUT2D eigenvalue weighted by molar-refractivity contribution is 5.65. The van der Waals surface area contributed by atoms with E-state index in [9.17, 15) is 0 Å². The molecule has 0 saturated carbocycles. The third-order valence-electron chi connectivity index (χ3n) is 5.22. The van der Waals surface area contributed by atoms with Crippen LogP contribution in [0.25, 0.3) is 0 Å². The van der Waals surface area contributed by atoms with Gasteiger partial charge in [0.2, 0.25) is 12.5 Å². The molecule has 0 aliphatic carbocycles. The highest BCUT2D eigenvalue weighted by Crippen LogP contribution is 2.47. The van der Waals surface area contributed by atoms with Crippen LogP contribution >= 0.6 is 0 Å². The van der Waals surface area contributed by atoms with Crippen LogP contribution in [0.4, 0.5) is 5.69 Å². The standard InChI is InChI=1S/C20H24N2O5/c1-22-8-7-12-9-16-18(27-11-26-16)19(25-4)17(12)20(22)21-14-10-13(23-2)5-6-15(14)24-3/h5-6,9-10,20-21H,7-8,11H2,1-4H3/p+1/t20-/m0/s1. The van der Waals surface area contributed by atoms with Crippen molar-refractivity contribution in [1.82, 2.24) is 0 Å². The van der Waals surface area contributed by atoms with Gasteiger partial charge in [-0.1, -0.05) is 0 Å². The summed E-state index contributed by atoms with van der Waals surface area (Å²) in [5.74, 6) is 3.69. The average Bonchev–Trinajstić information content (AvgIpc) is 3.16. The molecule has 2 atom stereocenters. The quantitative estimate of drug-likeness (QED) is 0.831. The Bertz CT molecular complexity index is 855. The van der Waals surface area contributed by atoms with Crippen molar-refractivity contribution in [3.63, 3.8) is 0 Å². The molecule has 0 spiro atoms. The fourth-order valence-electron chi connectivity index (χ4n) is 3.80. The van der Waals surface area contributed by atoms with E-state index < -0.39 is 0 Å². The first-order valence-electron chi connectivity index (χ1n) is 8.96. The van der Waals surface area contributed by atoms with E-state index in [-0.39, 0.29) is 13.0 Å². The molecule has 4 rings (SSSR count). The summed E-state index contributed by atoms with van der Waals surface area (Å²) in [5, 5.41) is 3.63. The van der Waals surface area contributed by atoms with Crippen LogP contribution in [0, 0.1) is 0 Å². The fraction of sp³-hybridized carbons (Fsp3) is 0.400. The van der Waals surface area contributed by atoms with Crippen molar-refractivity contribution in [2.75, 3.05) is 47.0 Å². The second-order valence-electron chi connectivity index (χ2n) is 6.71. The predicted molar refractivity (Wildman–Crippen MR) is 100 cm³/mol. The normalized spacial score (nSPS) is 20.0. The maximum atomic E-state index is 5.76. The van der Waals surface area contributed by atoms with E-state index in [1.807, 2.05) is 18.2 Å². The van der Waals surface area contributed by atoms with E-state index >= 15 is 0 Å². The summed E-state index contributed by atoms with van der Waals surface area (Å²) in [7, 11) is 7.15. The number of fused-ring (bicyclic) bond motifs is 2. The lowest BCUT2D eigenvalue weighted by Crippen LogP contribution is -3.11. The van der Waals surface area contributed by atoms with Gasteiger partial charge in [0.25, 0.3) is 0 Å². The van der Waals surface area contributed by atoms with Crippen LogP contribution in [-0.4, -0.2) is 41.7 Å².